The van der Waals surface area contributed by atoms with Crippen molar-refractivity contribution in [3.8, 4) is 0 Å². The zero-order valence-corrected chi connectivity index (χ0v) is 16.0. The van der Waals surface area contributed by atoms with E-state index in [4.69, 9.17) is 0 Å². The highest BCUT2D eigenvalue weighted by Gasteiger charge is 2.45. The number of carbonyl (C=O) groups is 1. The van der Waals surface area contributed by atoms with E-state index < -0.39 is 10.0 Å². The topological polar surface area (TPSA) is 57.7 Å². The Bertz CT molecular complexity index is 561. The first-order chi connectivity index (χ1) is 11.4. The molecular weight excluding hydrogens is 324 g/mol. The molecule has 3 fully saturated rings. The number of amides is 1. The Morgan fingerprint density at radius 3 is 2.38 bits per heavy atom. The van der Waals surface area contributed by atoms with Crippen molar-refractivity contribution in [1.82, 2.24) is 9.21 Å². The van der Waals surface area contributed by atoms with Crippen LogP contribution < -0.4 is 0 Å². The Morgan fingerprint density at radius 1 is 1.17 bits per heavy atom. The molecule has 0 N–H and O–H groups in total. The van der Waals surface area contributed by atoms with Gasteiger partial charge in [-0.25, -0.2) is 12.7 Å². The third-order valence-corrected chi connectivity index (χ3v) is 9.12. The quantitative estimate of drug-likeness (QED) is 0.778. The van der Waals surface area contributed by atoms with Crippen molar-refractivity contribution in [3.63, 3.8) is 0 Å². The molecule has 1 atom stereocenters. The molecule has 138 valence electrons. The van der Waals surface area contributed by atoms with Crippen LogP contribution in [0.1, 0.15) is 71.6 Å². The first-order valence-electron chi connectivity index (χ1n) is 9.66. The van der Waals surface area contributed by atoms with E-state index in [-0.39, 0.29) is 10.7 Å². The van der Waals surface area contributed by atoms with E-state index in [1.807, 2.05) is 6.92 Å². The van der Waals surface area contributed by atoms with Crippen LogP contribution in [0.25, 0.3) is 0 Å². The molecule has 5 nitrogen and oxygen atoms in total. The minimum absolute atomic E-state index is 0.151. The van der Waals surface area contributed by atoms with Gasteiger partial charge in [-0.3, -0.25) is 4.79 Å². The van der Waals surface area contributed by atoms with Gasteiger partial charge in [0.1, 0.15) is 0 Å². The standard InChI is InChI=1S/C18H32N2O3S/c1-3-15(2)24(22,23)19-12-10-18(11-13-19)9-8-17(21)20(14-18)16-6-4-5-7-16/h15-16H,3-14H2,1-2H3/t15-/m1/s1. The van der Waals surface area contributed by atoms with Gasteiger partial charge in [0, 0.05) is 32.1 Å². The molecule has 0 unspecified atom stereocenters. The monoisotopic (exact) mass is 356 g/mol. The molecule has 0 radical (unpaired) electrons. The number of carbonyl (C=O) groups excluding carboxylic acids is 1. The van der Waals surface area contributed by atoms with Crippen molar-refractivity contribution >= 4 is 15.9 Å². The summed E-state index contributed by atoms with van der Waals surface area (Å²) in [6, 6.07) is 0.441. The summed E-state index contributed by atoms with van der Waals surface area (Å²) >= 11 is 0. The van der Waals surface area contributed by atoms with Crippen molar-refractivity contribution in [3.05, 3.63) is 0 Å². The molecule has 0 aromatic heterocycles. The lowest BCUT2D eigenvalue weighted by atomic mass is 9.72. The lowest BCUT2D eigenvalue weighted by molar-refractivity contribution is -0.141. The van der Waals surface area contributed by atoms with E-state index in [1.54, 1.807) is 11.2 Å². The number of nitrogens with zero attached hydrogens (tertiary/aromatic N) is 2. The summed E-state index contributed by atoms with van der Waals surface area (Å²) in [6.45, 7) is 5.84. The summed E-state index contributed by atoms with van der Waals surface area (Å²) in [5.74, 6) is 0.321. The third-order valence-electron chi connectivity index (χ3n) is 6.69. The van der Waals surface area contributed by atoms with Crippen LogP contribution in [0.3, 0.4) is 0 Å². The number of rotatable bonds is 4. The Morgan fingerprint density at radius 2 is 1.79 bits per heavy atom. The van der Waals surface area contributed by atoms with Crippen LogP contribution in [0, 0.1) is 5.41 Å². The summed E-state index contributed by atoms with van der Waals surface area (Å²) in [5.41, 5.74) is 0.151. The average Bonchev–Trinajstić information content (AvgIpc) is 3.11. The highest BCUT2D eigenvalue weighted by atomic mass is 32.2. The van der Waals surface area contributed by atoms with Crippen molar-refractivity contribution in [2.45, 2.75) is 82.9 Å². The molecule has 0 bridgehead atoms. The van der Waals surface area contributed by atoms with E-state index in [9.17, 15) is 13.2 Å². The number of hydrogen-bond donors (Lipinski definition) is 0. The lowest BCUT2D eigenvalue weighted by Crippen LogP contribution is -2.55. The largest absolute Gasteiger partial charge is 0.339 e. The molecule has 3 aliphatic rings. The first-order valence-corrected chi connectivity index (χ1v) is 11.2. The van der Waals surface area contributed by atoms with Gasteiger partial charge in [-0.15, -0.1) is 0 Å². The zero-order valence-electron chi connectivity index (χ0n) is 15.2. The van der Waals surface area contributed by atoms with Crippen LogP contribution >= 0.6 is 0 Å². The van der Waals surface area contributed by atoms with Gasteiger partial charge in [-0.2, -0.15) is 0 Å². The van der Waals surface area contributed by atoms with E-state index in [0.29, 0.717) is 37.9 Å². The van der Waals surface area contributed by atoms with Gasteiger partial charge in [-0.05, 0) is 50.9 Å². The maximum absolute atomic E-state index is 12.6. The molecule has 1 spiro atoms. The van der Waals surface area contributed by atoms with Gasteiger partial charge in [0.05, 0.1) is 5.25 Å². The molecule has 2 saturated heterocycles. The fourth-order valence-electron chi connectivity index (χ4n) is 4.68. The maximum Gasteiger partial charge on any atom is 0.222 e. The van der Waals surface area contributed by atoms with Crippen molar-refractivity contribution in [2.75, 3.05) is 19.6 Å². The second-order valence-electron chi connectivity index (χ2n) is 8.12. The molecule has 1 saturated carbocycles. The molecule has 3 rings (SSSR count). The third kappa shape index (κ3) is 3.36. The summed E-state index contributed by atoms with van der Waals surface area (Å²) in [5, 5.41) is -0.297. The van der Waals surface area contributed by atoms with Crippen LogP contribution in [-0.2, 0) is 14.8 Å². The van der Waals surface area contributed by atoms with E-state index >= 15 is 0 Å². The highest BCUT2D eigenvalue weighted by molar-refractivity contribution is 7.89. The van der Waals surface area contributed by atoms with Crippen LogP contribution in [0.2, 0.25) is 0 Å². The molecular formula is C18H32N2O3S. The average molecular weight is 357 g/mol. The van der Waals surface area contributed by atoms with E-state index in [2.05, 4.69) is 4.90 Å². The van der Waals surface area contributed by atoms with Crippen LogP contribution in [0.15, 0.2) is 0 Å². The second-order valence-corrected chi connectivity index (χ2v) is 10.5. The maximum atomic E-state index is 12.6. The predicted molar refractivity (Wildman–Crippen MR) is 95.1 cm³/mol. The highest BCUT2D eigenvalue weighted by Crippen LogP contribution is 2.43. The summed E-state index contributed by atoms with van der Waals surface area (Å²) in [4.78, 5) is 14.5. The molecule has 2 aliphatic heterocycles. The summed E-state index contributed by atoms with van der Waals surface area (Å²) in [6.07, 6.45) is 8.82. The summed E-state index contributed by atoms with van der Waals surface area (Å²) < 4.78 is 26.8. The van der Waals surface area contributed by atoms with Crippen LogP contribution in [0.4, 0.5) is 0 Å². The van der Waals surface area contributed by atoms with Crippen LogP contribution in [0.5, 0.6) is 0 Å². The second kappa shape index (κ2) is 6.94. The van der Waals surface area contributed by atoms with Crippen molar-refractivity contribution in [1.29, 1.82) is 0 Å². The number of sulfonamides is 1. The Kier molecular flexibility index (Phi) is 5.26. The van der Waals surface area contributed by atoms with Gasteiger partial charge in [-0.1, -0.05) is 19.8 Å². The number of likely N-dealkylation sites (tertiary alicyclic amines) is 1. The molecule has 6 heteroatoms. The molecule has 24 heavy (non-hydrogen) atoms. The van der Waals surface area contributed by atoms with Gasteiger partial charge >= 0.3 is 0 Å². The van der Waals surface area contributed by atoms with E-state index in [1.165, 1.54) is 12.8 Å². The number of piperidine rings is 2. The van der Waals surface area contributed by atoms with Crippen LogP contribution in [-0.4, -0.2) is 54.5 Å². The van der Waals surface area contributed by atoms with Gasteiger partial charge in [0.2, 0.25) is 15.9 Å². The zero-order chi connectivity index (χ0) is 17.4. The minimum atomic E-state index is -3.15. The minimum Gasteiger partial charge on any atom is -0.339 e. The van der Waals surface area contributed by atoms with Crippen molar-refractivity contribution in [2.24, 2.45) is 5.41 Å². The van der Waals surface area contributed by atoms with Gasteiger partial charge < -0.3 is 4.90 Å². The smallest absolute Gasteiger partial charge is 0.222 e. The molecule has 2 heterocycles. The molecule has 0 aromatic rings. The number of hydrogen-bond acceptors (Lipinski definition) is 3. The molecule has 0 aromatic carbocycles. The molecule has 1 aliphatic carbocycles. The molecule has 1 amide bonds. The SMILES string of the molecule is CC[C@@H](C)S(=O)(=O)N1CCC2(CCC(=O)N(C3CCCC3)C2)CC1. The predicted octanol–water partition coefficient (Wildman–Crippen LogP) is 2.76. The lowest BCUT2D eigenvalue weighted by Gasteiger charge is -2.49. The fraction of sp³-hybridized carbons (Fsp3) is 0.944. The van der Waals surface area contributed by atoms with E-state index in [0.717, 1.165) is 38.6 Å². The Labute approximate surface area is 146 Å². The Hall–Kier alpha value is -0.620. The van der Waals surface area contributed by atoms with Gasteiger partial charge in [0.15, 0.2) is 0 Å². The van der Waals surface area contributed by atoms with Gasteiger partial charge in [0.25, 0.3) is 0 Å². The summed E-state index contributed by atoms with van der Waals surface area (Å²) in [7, 11) is -3.15. The van der Waals surface area contributed by atoms with Crippen molar-refractivity contribution < 1.29 is 13.2 Å². The Balaban J connectivity index is 1.65. The fourth-order valence-corrected chi connectivity index (χ4v) is 6.30. The first kappa shape index (κ1) is 18.2. The normalized spacial score (nSPS) is 27.8.